The molecule has 3 rings (SSSR count). The van der Waals surface area contributed by atoms with Crippen LogP contribution in [0.25, 0.3) is 11.1 Å². The van der Waals surface area contributed by atoms with Crippen molar-refractivity contribution in [1.82, 2.24) is 4.98 Å². The minimum absolute atomic E-state index is 0.0911. The number of pyridine rings is 1. The molecule has 2 aromatic rings. The highest BCUT2D eigenvalue weighted by Gasteiger charge is 2.36. The van der Waals surface area contributed by atoms with E-state index in [9.17, 15) is 24.2 Å². The average molecular weight is 376 g/mol. The van der Waals surface area contributed by atoms with Crippen LogP contribution < -0.4 is 0 Å². The highest BCUT2D eigenvalue weighted by Crippen LogP contribution is 2.39. The van der Waals surface area contributed by atoms with Crippen molar-refractivity contribution in [2.45, 2.75) is 30.6 Å². The molecular formula is C17H16N2O6S. The third kappa shape index (κ3) is 2.99. The lowest BCUT2D eigenvalue weighted by atomic mass is 9.97. The van der Waals surface area contributed by atoms with E-state index in [2.05, 4.69) is 4.98 Å². The van der Waals surface area contributed by atoms with Gasteiger partial charge in [-0.2, -0.15) is 0 Å². The van der Waals surface area contributed by atoms with Crippen LogP contribution in [0.1, 0.15) is 28.7 Å². The van der Waals surface area contributed by atoms with Gasteiger partial charge in [-0.3, -0.25) is 19.3 Å². The van der Waals surface area contributed by atoms with Gasteiger partial charge in [0.2, 0.25) is 0 Å². The predicted molar refractivity (Wildman–Crippen MR) is 93.1 cm³/mol. The zero-order valence-electron chi connectivity index (χ0n) is 14.1. The molecule has 0 saturated carbocycles. The lowest BCUT2D eigenvalue weighted by Gasteiger charge is -2.15. The predicted octanol–water partition coefficient (Wildman–Crippen LogP) is 2.12. The van der Waals surface area contributed by atoms with Gasteiger partial charge in [0.05, 0.1) is 44.2 Å². The maximum Gasteiger partial charge on any atom is 0.340 e. The van der Waals surface area contributed by atoms with E-state index in [4.69, 9.17) is 4.74 Å². The molecule has 1 aromatic carbocycles. The fraction of sp³-hybridized carbons (Fsp3) is 0.294. The Balaban J connectivity index is 2.35. The summed E-state index contributed by atoms with van der Waals surface area (Å²) in [6.07, 6.45) is 0.0911. The van der Waals surface area contributed by atoms with Crippen molar-refractivity contribution >= 4 is 22.5 Å². The van der Waals surface area contributed by atoms with E-state index in [-0.39, 0.29) is 34.7 Å². The number of aryl methyl sites for hydroxylation is 1. The Kier molecular flexibility index (Phi) is 4.84. The van der Waals surface area contributed by atoms with Crippen LogP contribution in [-0.4, -0.2) is 37.2 Å². The molecule has 2 heterocycles. The lowest BCUT2D eigenvalue weighted by molar-refractivity contribution is -0.384. The number of aliphatic hydroxyl groups excluding tert-OH is 1. The van der Waals surface area contributed by atoms with Crippen LogP contribution in [0.2, 0.25) is 0 Å². The minimum atomic E-state index is -1.80. The van der Waals surface area contributed by atoms with Crippen LogP contribution in [0.3, 0.4) is 0 Å². The Hall–Kier alpha value is -2.65. The number of aromatic nitrogens is 1. The van der Waals surface area contributed by atoms with Crippen molar-refractivity contribution in [3.05, 3.63) is 51.3 Å². The molecule has 0 radical (unpaired) electrons. The van der Waals surface area contributed by atoms with E-state index < -0.39 is 27.1 Å². The molecule has 1 aliphatic rings. The Bertz CT molecular complexity index is 943. The molecule has 0 fully saturated rings. The number of aliphatic hydroxyl groups is 1. The van der Waals surface area contributed by atoms with E-state index in [1.165, 1.54) is 18.2 Å². The number of esters is 1. The smallest absolute Gasteiger partial charge is 0.340 e. The molecular weight excluding hydrogens is 360 g/mol. The summed E-state index contributed by atoms with van der Waals surface area (Å²) in [5.41, 5.74) is 0.207. The quantitative estimate of drug-likeness (QED) is 0.493. The topological polar surface area (TPSA) is 120 Å². The Morgan fingerprint density at radius 2 is 2.23 bits per heavy atom. The van der Waals surface area contributed by atoms with Crippen LogP contribution in [0.5, 0.6) is 0 Å². The summed E-state index contributed by atoms with van der Waals surface area (Å²) in [4.78, 5) is 27.6. The first-order chi connectivity index (χ1) is 12.3. The molecule has 0 amide bonds. The second-order valence-electron chi connectivity index (χ2n) is 5.71. The number of benzene rings is 1. The van der Waals surface area contributed by atoms with Crippen LogP contribution >= 0.6 is 0 Å². The maximum atomic E-state index is 12.6. The number of rotatable bonds is 4. The van der Waals surface area contributed by atoms with Crippen molar-refractivity contribution in [1.29, 1.82) is 0 Å². The van der Waals surface area contributed by atoms with Gasteiger partial charge in [-0.05, 0) is 19.4 Å². The first-order valence-corrected chi connectivity index (χ1v) is 9.10. The molecule has 0 spiro atoms. The number of fused-ring (bicyclic) bond motifs is 1. The van der Waals surface area contributed by atoms with E-state index in [1.807, 2.05) is 0 Å². The fourth-order valence-electron chi connectivity index (χ4n) is 2.98. The van der Waals surface area contributed by atoms with Crippen molar-refractivity contribution in [2.75, 3.05) is 6.61 Å². The summed E-state index contributed by atoms with van der Waals surface area (Å²) in [5, 5.41) is 21.1. The number of nitro groups is 1. The van der Waals surface area contributed by atoms with E-state index in [1.54, 1.807) is 19.9 Å². The first kappa shape index (κ1) is 18.2. The van der Waals surface area contributed by atoms with Crippen LogP contribution in [0, 0.1) is 17.0 Å². The zero-order chi connectivity index (χ0) is 19.0. The van der Waals surface area contributed by atoms with Gasteiger partial charge in [0.15, 0.2) is 0 Å². The van der Waals surface area contributed by atoms with Crippen molar-refractivity contribution in [2.24, 2.45) is 0 Å². The normalized spacial score (nSPS) is 18.4. The Morgan fingerprint density at radius 1 is 1.50 bits per heavy atom. The average Bonchev–Trinajstić information content (AvgIpc) is 2.87. The number of carbonyl (C=O) groups excluding carboxylic acids is 1. The van der Waals surface area contributed by atoms with Gasteiger partial charge < -0.3 is 9.84 Å². The summed E-state index contributed by atoms with van der Waals surface area (Å²) in [5.74, 6) is -0.653. The second kappa shape index (κ2) is 6.93. The SMILES string of the molecule is CCOC(=O)c1c(C)nc2c(c1-c1cccc([N+](=O)[O-])c1)S(=O)C(O)C2. The standard InChI is InChI=1S/C17H16N2O6S/c1-3-25-17(21)14-9(2)18-12-8-13(20)26(24)16(12)15(14)10-5-4-6-11(7-10)19(22)23/h4-7,13,20H,3,8H2,1-2H3. The number of ether oxygens (including phenoxy) is 1. The van der Waals surface area contributed by atoms with Gasteiger partial charge in [-0.25, -0.2) is 4.79 Å². The van der Waals surface area contributed by atoms with Crippen molar-refractivity contribution in [3.63, 3.8) is 0 Å². The summed E-state index contributed by atoms with van der Waals surface area (Å²) < 4.78 is 17.7. The van der Waals surface area contributed by atoms with Gasteiger partial charge in [-0.1, -0.05) is 12.1 Å². The molecule has 2 unspecified atom stereocenters. The van der Waals surface area contributed by atoms with Gasteiger partial charge >= 0.3 is 5.97 Å². The number of nitro benzene ring substituents is 1. The van der Waals surface area contributed by atoms with Crippen LogP contribution in [0.15, 0.2) is 29.2 Å². The highest BCUT2D eigenvalue weighted by atomic mass is 32.2. The summed E-state index contributed by atoms with van der Waals surface area (Å²) in [7, 11) is -1.80. The number of hydrogen-bond donors (Lipinski definition) is 1. The molecule has 0 saturated heterocycles. The molecule has 0 aliphatic carbocycles. The Labute approximate surface area is 151 Å². The molecule has 9 heteroatoms. The highest BCUT2D eigenvalue weighted by molar-refractivity contribution is 7.86. The van der Waals surface area contributed by atoms with Crippen molar-refractivity contribution in [3.8, 4) is 11.1 Å². The molecule has 1 N–H and O–H groups in total. The van der Waals surface area contributed by atoms with E-state index in [0.29, 0.717) is 17.0 Å². The largest absolute Gasteiger partial charge is 0.462 e. The minimum Gasteiger partial charge on any atom is -0.462 e. The molecule has 1 aliphatic heterocycles. The third-order valence-corrected chi connectivity index (χ3v) is 5.55. The molecule has 26 heavy (non-hydrogen) atoms. The lowest BCUT2D eigenvalue weighted by Crippen LogP contribution is -2.13. The van der Waals surface area contributed by atoms with E-state index in [0.717, 1.165) is 0 Å². The number of carbonyl (C=O) groups is 1. The van der Waals surface area contributed by atoms with E-state index >= 15 is 0 Å². The number of hydrogen-bond acceptors (Lipinski definition) is 7. The van der Waals surface area contributed by atoms with Gasteiger partial charge in [0.1, 0.15) is 5.44 Å². The van der Waals surface area contributed by atoms with Gasteiger partial charge in [-0.15, -0.1) is 0 Å². The summed E-state index contributed by atoms with van der Waals surface area (Å²) in [6.45, 7) is 3.40. The van der Waals surface area contributed by atoms with Crippen molar-refractivity contribution < 1.29 is 23.8 Å². The number of nitrogens with zero attached hydrogens (tertiary/aromatic N) is 2. The third-order valence-electron chi connectivity index (χ3n) is 4.05. The first-order valence-electron chi connectivity index (χ1n) is 7.89. The zero-order valence-corrected chi connectivity index (χ0v) is 14.9. The molecule has 1 aromatic heterocycles. The van der Waals surface area contributed by atoms with Gasteiger partial charge in [0, 0.05) is 24.1 Å². The summed E-state index contributed by atoms with van der Waals surface area (Å²) in [6, 6.07) is 5.71. The molecule has 136 valence electrons. The number of non-ortho nitro benzene ring substituents is 1. The second-order valence-corrected chi connectivity index (χ2v) is 7.25. The molecule has 0 bridgehead atoms. The van der Waals surface area contributed by atoms with Crippen LogP contribution in [0.4, 0.5) is 5.69 Å². The summed E-state index contributed by atoms with van der Waals surface area (Å²) >= 11 is 0. The Morgan fingerprint density at radius 3 is 2.88 bits per heavy atom. The van der Waals surface area contributed by atoms with Gasteiger partial charge in [0.25, 0.3) is 5.69 Å². The fourth-order valence-corrected chi connectivity index (χ4v) is 4.35. The van der Waals surface area contributed by atoms with Crippen LogP contribution in [-0.2, 0) is 22.0 Å². The molecule has 8 nitrogen and oxygen atoms in total. The molecule has 2 atom stereocenters. The monoisotopic (exact) mass is 376 g/mol. The maximum absolute atomic E-state index is 12.6.